The summed E-state index contributed by atoms with van der Waals surface area (Å²) in [5.74, 6) is 1.84. The van der Waals surface area contributed by atoms with Gasteiger partial charge in [-0.25, -0.2) is 4.98 Å². The molecule has 2 aliphatic heterocycles. The van der Waals surface area contributed by atoms with Crippen molar-refractivity contribution in [3.05, 3.63) is 60.4 Å². The van der Waals surface area contributed by atoms with Crippen LogP contribution in [0.3, 0.4) is 0 Å². The second kappa shape index (κ2) is 8.60. The highest BCUT2D eigenvalue weighted by atomic mass is 15.3. The van der Waals surface area contributed by atoms with Crippen molar-refractivity contribution in [1.29, 1.82) is 0 Å². The Bertz CT molecular complexity index is 981. The number of pyridine rings is 2. The van der Waals surface area contributed by atoms with E-state index in [1.54, 1.807) is 0 Å². The van der Waals surface area contributed by atoms with Crippen LogP contribution in [0.5, 0.6) is 0 Å². The van der Waals surface area contributed by atoms with Crippen molar-refractivity contribution < 1.29 is 0 Å². The minimum Gasteiger partial charge on any atom is -0.371 e. The van der Waals surface area contributed by atoms with Gasteiger partial charge in [0, 0.05) is 68.8 Å². The highest BCUT2D eigenvalue weighted by Gasteiger charge is 2.25. The summed E-state index contributed by atoms with van der Waals surface area (Å²) >= 11 is 0. The fraction of sp³-hybridized carbons (Fsp3) is 0.440. The fourth-order valence-corrected chi connectivity index (χ4v) is 5.05. The molecule has 30 heavy (non-hydrogen) atoms. The molecule has 0 aliphatic carbocycles. The fourth-order valence-electron chi connectivity index (χ4n) is 5.05. The van der Waals surface area contributed by atoms with Crippen molar-refractivity contribution in [2.75, 3.05) is 55.6 Å². The Hall–Kier alpha value is -2.66. The van der Waals surface area contributed by atoms with Crippen LogP contribution in [-0.4, -0.2) is 60.7 Å². The lowest BCUT2D eigenvalue weighted by atomic mass is 9.96. The zero-order valence-corrected chi connectivity index (χ0v) is 17.9. The van der Waals surface area contributed by atoms with Crippen molar-refractivity contribution in [1.82, 2.24) is 14.9 Å². The second-order valence-corrected chi connectivity index (χ2v) is 8.73. The van der Waals surface area contributed by atoms with Gasteiger partial charge >= 0.3 is 0 Å². The molecule has 2 aliphatic rings. The van der Waals surface area contributed by atoms with Crippen LogP contribution in [0, 0.1) is 12.8 Å². The lowest BCUT2D eigenvalue weighted by Gasteiger charge is -2.40. The van der Waals surface area contributed by atoms with Crippen LogP contribution in [0.4, 0.5) is 11.5 Å². The first kappa shape index (κ1) is 19.3. The highest BCUT2D eigenvalue weighted by molar-refractivity contribution is 5.92. The average molecular weight is 402 g/mol. The average Bonchev–Trinajstić information content (AvgIpc) is 2.80. The predicted octanol–water partition coefficient (Wildman–Crippen LogP) is 3.98. The molecule has 5 heteroatoms. The molecule has 2 aromatic heterocycles. The van der Waals surface area contributed by atoms with E-state index in [9.17, 15) is 0 Å². The Kier molecular flexibility index (Phi) is 5.54. The minimum absolute atomic E-state index is 0.729. The van der Waals surface area contributed by atoms with E-state index in [0.29, 0.717) is 0 Å². The molecular weight excluding hydrogens is 370 g/mol. The molecular formula is C25H31N5. The summed E-state index contributed by atoms with van der Waals surface area (Å²) in [6.07, 6.45) is 4.50. The van der Waals surface area contributed by atoms with Gasteiger partial charge < -0.3 is 9.80 Å². The number of hydrogen-bond donors (Lipinski definition) is 0. The highest BCUT2D eigenvalue weighted by Crippen LogP contribution is 2.30. The number of para-hydroxylation sites is 1. The Balaban J connectivity index is 1.23. The molecule has 5 rings (SSSR count). The Morgan fingerprint density at radius 3 is 2.60 bits per heavy atom. The summed E-state index contributed by atoms with van der Waals surface area (Å²) in [4.78, 5) is 16.9. The molecule has 0 amide bonds. The van der Waals surface area contributed by atoms with E-state index >= 15 is 0 Å². The number of rotatable bonds is 4. The van der Waals surface area contributed by atoms with Gasteiger partial charge in [-0.15, -0.1) is 0 Å². The Morgan fingerprint density at radius 2 is 1.77 bits per heavy atom. The van der Waals surface area contributed by atoms with Crippen LogP contribution >= 0.6 is 0 Å². The summed E-state index contributed by atoms with van der Waals surface area (Å²) < 4.78 is 0. The maximum absolute atomic E-state index is 4.73. The van der Waals surface area contributed by atoms with E-state index in [2.05, 4.69) is 69.1 Å². The first-order valence-corrected chi connectivity index (χ1v) is 11.3. The van der Waals surface area contributed by atoms with Crippen LogP contribution in [0.2, 0.25) is 0 Å². The minimum atomic E-state index is 0.729. The molecule has 3 aromatic rings. The smallest absolute Gasteiger partial charge is 0.128 e. The molecule has 0 bridgehead atoms. The lowest BCUT2D eigenvalue weighted by Crippen LogP contribution is -2.50. The molecule has 0 spiro atoms. The predicted molar refractivity (Wildman–Crippen MR) is 124 cm³/mol. The molecule has 5 nitrogen and oxygen atoms in total. The summed E-state index contributed by atoms with van der Waals surface area (Å²) in [5.41, 5.74) is 3.58. The summed E-state index contributed by atoms with van der Waals surface area (Å²) in [5, 5.41) is 1.28. The van der Waals surface area contributed by atoms with Gasteiger partial charge in [0.15, 0.2) is 0 Å². The van der Waals surface area contributed by atoms with Gasteiger partial charge in [0.2, 0.25) is 0 Å². The molecule has 0 N–H and O–H groups in total. The molecule has 4 heterocycles. The lowest BCUT2D eigenvalue weighted by molar-refractivity contribution is 0.205. The number of fused-ring (bicyclic) bond motifs is 1. The zero-order valence-electron chi connectivity index (χ0n) is 17.9. The monoisotopic (exact) mass is 401 g/mol. The molecule has 156 valence electrons. The maximum Gasteiger partial charge on any atom is 0.128 e. The Morgan fingerprint density at radius 1 is 0.933 bits per heavy atom. The SMILES string of the molecule is Cc1cc(N2CCCC(CN3CCN(c4ccccn4)CC3)C2)c2ccccc2n1. The van der Waals surface area contributed by atoms with Crippen molar-refractivity contribution in [3.8, 4) is 0 Å². The van der Waals surface area contributed by atoms with Gasteiger partial charge in [0.05, 0.1) is 5.52 Å². The topological polar surface area (TPSA) is 35.5 Å². The molecule has 0 radical (unpaired) electrons. The quantitative estimate of drug-likeness (QED) is 0.661. The van der Waals surface area contributed by atoms with Gasteiger partial charge in [-0.2, -0.15) is 0 Å². The maximum atomic E-state index is 4.73. The third kappa shape index (κ3) is 4.12. The van der Waals surface area contributed by atoms with Gasteiger partial charge in [-0.05, 0) is 49.9 Å². The second-order valence-electron chi connectivity index (χ2n) is 8.73. The third-order valence-corrected chi connectivity index (χ3v) is 6.54. The molecule has 0 saturated carbocycles. The molecule has 1 aromatic carbocycles. The van der Waals surface area contributed by atoms with Gasteiger partial charge in [0.25, 0.3) is 0 Å². The number of aromatic nitrogens is 2. The Labute approximate surface area is 179 Å². The number of aryl methyl sites for hydroxylation is 1. The summed E-state index contributed by atoms with van der Waals surface area (Å²) in [7, 11) is 0. The van der Waals surface area contributed by atoms with E-state index in [1.165, 1.54) is 30.5 Å². The summed E-state index contributed by atoms with van der Waals surface area (Å²) in [6.45, 7) is 10.0. The van der Waals surface area contributed by atoms with Crippen LogP contribution < -0.4 is 9.80 Å². The van der Waals surface area contributed by atoms with Crippen LogP contribution in [0.25, 0.3) is 10.9 Å². The molecule has 2 fully saturated rings. The van der Waals surface area contributed by atoms with Gasteiger partial charge in [-0.3, -0.25) is 9.88 Å². The van der Waals surface area contributed by atoms with E-state index in [-0.39, 0.29) is 0 Å². The van der Waals surface area contributed by atoms with Crippen molar-refractivity contribution in [2.45, 2.75) is 19.8 Å². The van der Waals surface area contributed by atoms with E-state index in [4.69, 9.17) is 4.98 Å². The van der Waals surface area contributed by atoms with Gasteiger partial charge in [0.1, 0.15) is 5.82 Å². The molecule has 1 atom stereocenters. The first-order valence-electron chi connectivity index (χ1n) is 11.3. The van der Waals surface area contributed by atoms with E-state index in [1.807, 2.05) is 12.3 Å². The number of hydrogen-bond acceptors (Lipinski definition) is 5. The van der Waals surface area contributed by atoms with E-state index < -0.39 is 0 Å². The van der Waals surface area contributed by atoms with Crippen molar-refractivity contribution >= 4 is 22.4 Å². The number of anilines is 2. The van der Waals surface area contributed by atoms with E-state index in [0.717, 1.165) is 62.2 Å². The van der Waals surface area contributed by atoms with Crippen molar-refractivity contribution in [2.24, 2.45) is 5.92 Å². The van der Waals surface area contributed by atoms with Crippen LogP contribution in [0.15, 0.2) is 54.7 Å². The van der Waals surface area contributed by atoms with Crippen LogP contribution in [-0.2, 0) is 0 Å². The molecule has 2 saturated heterocycles. The molecule has 1 unspecified atom stereocenters. The number of benzene rings is 1. The van der Waals surface area contributed by atoms with Crippen molar-refractivity contribution in [3.63, 3.8) is 0 Å². The third-order valence-electron chi connectivity index (χ3n) is 6.54. The standard InChI is InChI=1S/C25H31N5/c1-20-17-24(22-8-2-3-9-23(22)27-20)30-12-6-7-21(19-30)18-28-13-15-29(16-14-28)25-10-4-5-11-26-25/h2-5,8-11,17,21H,6-7,12-16,18-19H2,1H3. The summed E-state index contributed by atoms with van der Waals surface area (Å²) in [6, 6.07) is 17.0. The number of nitrogens with zero attached hydrogens (tertiary/aromatic N) is 5. The number of piperidine rings is 1. The largest absolute Gasteiger partial charge is 0.371 e. The van der Waals surface area contributed by atoms with Gasteiger partial charge in [-0.1, -0.05) is 24.3 Å². The van der Waals surface area contributed by atoms with Crippen LogP contribution in [0.1, 0.15) is 18.5 Å². The number of piperazine rings is 1. The first-order chi connectivity index (χ1) is 14.8. The normalized spacial score (nSPS) is 20.6. The zero-order chi connectivity index (χ0) is 20.3.